The maximum atomic E-state index is 13.3. The summed E-state index contributed by atoms with van der Waals surface area (Å²) in [5.74, 6) is 5.23. The van der Waals surface area contributed by atoms with E-state index in [1.54, 1.807) is 0 Å². The number of ether oxygens (including phenoxy) is 1. The van der Waals surface area contributed by atoms with Gasteiger partial charge in [-0.15, -0.1) is 0 Å². The van der Waals surface area contributed by atoms with Crippen molar-refractivity contribution in [2.45, 2.75) is 111 Å². The highest BCUT2D eigenvalue weighted by atomic mass is 16.6. The van der Waals surface area contributed by atoms with Crippen molar-refractivity contribution >= 4 is 5.78 Å². The summed E-state index contributed by atoms with van der Waals surface area (Å²) >= 11 is 0. The van der Waals surface area contributed by atoms with E-state index in [0.29, 0.717) is 65.3 Å². The highest BCUT2D eigenvalue weighted by molar-refractivity contribution is 5.83. The Balaban J connectivity index is 1.34. The summed E-state index contributed by atoms with van der Waals surface area (Å²) in [5, 5.41) is 10.3. The first-order valence-corrected chi connectivity index (χ1v) is 13.4. The Morgan fingerprint density at radius 3 is 2.32 bits per heavy atom. The van der Waals surface area contributed by atoms with Crippen molar-refractivity contribution in [1.82, 2.24) is 0 Å². The highest BCUT2D eigenvalue weighted by Gasteiger charge is 2.64. The number of hydrogen-bond donors (Lipinski definition) is 1. The maximum absolute atomic E-state index is 13.3. The second kappa shape index (κ2) is 7.55. The number of epoxide rings is 1. The van der Waals surface area contributed by atoms with Gasteiger partial charge in [-0.1, -0.05) is 41.5 Å². The van der Waals surface area contributed by atoms with Gasteiger partial charge >= 0.3 is 0 Å². The zero-order valence-corrected chi connectivity index (χ0v) is 20.8. The molecule has 3 heteroatoms. The van der Waals surface area contributed by atoms with Gasteiger partial charge in [0, 0.05) is 12.3 Å². The molecule has 0 aromatic heterocycles. The van der Waals surface area contributed by atoms with Gasteiger partial charge in [-0.2, -0.15) is 0 Å². The zero-order valence-electron chi connectivity index (χ0n) is 20.8. The number of carbonyl (C=O) groups excluding carboxylic acids is 1. The van der Waals surface area contributed by atoms with E-state index in [9.17, 15) is 9.90 Å². The van der Waals surface area contributed by atoms with E-state index in [2.05, 4.69) is 41.5 Å². The number of rotatable bonds is 4. The molecule has 3 nitrogen and oxygen atoms in total. The van der Waals surface area contributed by atoms with Crippen molar-refractivity contribution < 1.29 is 14.6 Å². The molecular formula is C28H46O3. The molecular weight excluding hydrogens is 384 g/mol. The lowest BCUT2D eigenvalue weighted by Gasteiger charge is -2.60. The van der Waals surface area contributed by atoms with Crippen molar-refractivity contribution in [1.29, 1.82) is 0 Å². The number of fused-ring (bicyclic) bond motifs is 5. The average molecular weight is 431 g/mol. The predicted octanol–water partition coefficient (Wildman–Crippen LogP) is 5.88. The van der Waals surface area contributed by atoms with Crippen LogP contribution in [0.4, 0.5) is 0 Å². The lowest BCUT2D eigenvalue weighted by Crippen LogP contribution is -2.57. The topological polar surface area (TPSA) is 49.8 Å². The Morgan fingerprint density at radius 2 is 1.61 bits per heavy atom. The molecule has 1 heterocycles. The smallest absolute Gasteiger partial charge is 0.136 e. The van der Waals surface area contributed by atoms with Crippen molar-refractivity contribution in [2.75, 3.05) is 0 Å². The molecule has 1 aliphatic heterocycles. The number of carbonyl (C=O) groups is 1. The van der Waals surface area contributed by atoms with Crippen molar-refractivity contribution in [2.24, 2.45) is 58.2 Å². The first kappa shape index (κ1) is 22.4. The summed E-state index contributed by atoms with van der Waals surface area (Å²) < 4.78 is 6.28. The minimum absolute atomic E-state index is 0.108. The zero-order chi connectivity index (χ0) is 22.3. The maximum Gasteiger partial charge on any atom is 0.136 e. The monoisotopic (exact) mass is 430 g/mol. The van der Waals surface area contributed by atoms with E-state index in [4.69, 9.17) is 4.74 Å². The molecule has 1 saturated heterocycles. The van der Waals surface area contributed by atoms with Gasteiger partial charge in [0.25, 0.3) is 0 Å². The molecule has 0 spiro atoms. The van der Waals surface area contributed by atoms with Gasteiger partial charge in [0.15, 0.2) is 0 Å². The van der Waals surface area contributed by atoms with Crippen LogP contribution in [0.5, 0.6) is 0 Å². The first-order valence-electron chi connectivity index (χ1n) is 13.4. The van der Waals surface area contributed by atoms with E-state index in [0.717, 1.165) is 25.2 Å². The van der Waals surface area contributed by atoms with Gasteiger partial charge in [0.2, 0.25) is 0 Å². The second-order valence-corrected chi connectivity index (χ2v) is 13.3. The van der Waals surface area contributed by atoms with Gasteiger partial charge in [0.05, 0.1) is 18.3 Å². The van der Waals surface area contributed by atoms with Crippen molar-refractivity contribution in [3.8, 4) is 0 Å². The number of Topliss-reactive ketones (excluding diaryl/α,β-unsaturated/α-hetero) is 1. The number of aliphatic hydroxyl groups excluding tert-OH is 1. The standard InChI is InChI=1S/C28H46O3/c1-15(2)16(3)25-26(31-25)17(4)20-7-8-21-19-14-24(30)23-13-18(29)9-11-28(23,6)22(19)10-12-27(20,21)5/h15-23,25-26,29H,7-14H2,1-6H3/t16-,17-,18-,19-,20+,21-,22-,23+,25-,26+,27+,28+/m0/s1. The van der Waals surface area contributed by atoms with E-state index in [-0.39, 0.29) is 17.4 Å². The van der Waals surface area contributed by atoms with Gasteiger partial charge in [-0.3, -0.25) is 4.79 Å². The van der Waals surface area contributed by atoms with Crippen LogP contribution >= 0.6 is 0 Å². The molecule has 0 radical (unpaired) electrons. The summed E-state index contributed by atoms with van der Waals surface area (Å²) in [4.78, 5) is 13.3. The average Bonchev–Trinajstić information content (AvgIpc) is 3.43. The van der Waals surface area contributed by atoms with Gasteiger partial charge in [0.1, 0.15) is 5.78 Å². The molecule has 0 unspecified atom stereocenters. The molecule has 5 fully saturated rings. The van der Waals surface area contributed by atoms with E-state index in [1.165, 1.54) is 25.7 Å². The van der Waals surface area contributed by atoms with Gasteiger partial charge < -0.3 is 9.84 Å². The van der Waals surface area contributed by atoms with Crippen LogP contribution in [0.3, 0.4) is 0 Å². The third-order valence-electron chi connectivity index (χ3n) is 11.8. The Hall–Kier alpha value is -0.410. The predicted molar refractivity (Wildman–Crippen MR) is 123 cm³/mol. The third kappa shape index (κ3) is 3.30. The van der Waals surface area contributed by atoms with Crippen LogP contribution in [-0.4, -0.2) is 29.2 Å². The lowest BCUT2D eigenvalue weighted by molar-refractivity contribution is -0.160. The molecule has 5 rings (SSSR count). The normalized spacial score (nSPS) is 53.5. The summed E-state index contributed by atoms with van der Waals surface area (Å²) in [6.45, 7) is 14.5. The minimum atomic E-state index is -0.260. The van der Waals surface area contributed by atoms with E-state index < -0.39 is 0 Å². The number of ketones is 1. The number of hydrogen-bond acceptors (Lipinski definition) is 3. The first-order chi connectivity index (χ1) is 14.6. The Kier molecular flexibility index (Phi) is 5.45. The van der Waals surface area contributed by atoms with Gasteiger partial charge in [-0.05, 0) is 97.2 Å². The Labute approximate surface area is 190 Å². The molecule has 0 aromatic rings. The Morgan fingerprint density at radius 1 is 0.935 bits per heavy atom. The molecule has 4 saturated carbocycles. The molecule has 5 aliphatic rings. The summed E-state index contributed by atoms with van der Waals surface area (Å²) in [6, 6.07) is 0. The molecule has 31 heavy (non-hydrogen) atoms. The molecule has 176 valence electrons. The summed E-state index contributed by atoms with van der Waals surface area (Å²) in [5.41, 5.74) is 0.497. The van der Waals surface area contributed by atoms with Crippen LogP contribution in [0, 0.1) is 58.2 Å². The molecule has 0 bridgehead atoms. The Bertz CT molecular complexity index is 717. The van der Waals surface area contributed by atoms with E-state index in [1.807, 2.05) is 0 Å². The quantitative estimate of drug-likeness (QED) is 0.567. The fourth-order valence-electron chi connectivity index (χ4n) is 9.51. The van der Waals surface area contributed by atoms with Crippen LogP contribution in [0.2, 0.25) is 0 Å². The summed E-state index contributed by atoms with van der Waals surface area (Å²) in [6.07, 6.45) is 9.31. The minimum Gasteiger partial charge on any atom is -0.393 e. The fraction of sp³-hybridized carbons (Fsp3) is 0.964. The molecule has 0 amide bonds. The largest absolute Gasteiger partial charge is 0.393 e. The second-order valence-electron chi connectivity index (χ2n) is 13.3. The lowest BCUT2D eigenvalue weighted by atomic mass is 9.44. The van der Waals surface area contributed by atoms with Crippen LogP contribution in [0.15, 0.2) is 0 Å². The fourth-order valence-corrected chi connectivity index (χ4v) is 9.51. The third-order valence-corrected chi connectivity index (χ3v) is 11.8. The van der Waals surface area contributed by atoms with Crippen LogP contribution < -0.4 is 0 Å². The molecule has 4 aliphatic carbocycles. The van der Waals surface area contributed by atoms with Crippen LogP contribution in [-0.2, 0) is 9.53 Å². The molecule has 0 aromatic carbocycles. The molecule has 12 atom stereocenters. The number of aliphatic hydroxyl groups is 1. The van der Waals surface area contributed by atoms with Crippen LogP contribution in [0.25, 0.3) is 0 Å². The highest BCUT2D eigenvalue weighted by Crippen LogP contribution is 2.68. The van der Waals surface area contributed by atoms with Crippen molar-refractivity contribution in [3.05, 3.63) is 0 Å². The molecule has 1 N–H and O–H groups in total. The van der Waals surface area contributed by atoms with Gasteiger partial charge in [-0.25, -0.2) is 0 Å². The van der Waals surface area contributed by atoms with E-state index >= 15 is 0 Å². The SMILES string of the molecule is CC(C)[C@H](C)[C@@H]1O[C@@H]1[C@@H](C)[C@H]1CC[C@H]2[C@@H]3CC(=O)[C@H]4C[C@@H](O)CC[C@]4(C)[C@H]3CC[C@]12C. The van der Waals surface area contributed by atoms with Crippen molar-refractivity contribution in [3.63, 3.8) is 0 Å². The van der Waals surface area contributed by atoms with Crippen LogP contribution in [0.1, 0.15) is 92.9 Å². The summed E-state index contributed by atoms with van der Waals surface area (Å²) in [7, 11) is 0.